The van der Waals surface area contributed by atoms with Gasteiger partial charge in [-0.3, -0.25) is 24.1 Å². The molecule has 42 heavy (non-hydrogen) atoms. The summed E-state index contributed by atoms with van der Waals surface area (Å²) >= 11 is 6.93. The monoisotopic (exact) mass is 688 g/mol. The largest absolute Gasteiger partial charge is 0.508 e. The van der Waals surface area contributed by atoms with Crippen LogP contribution in [0.25, 0.3) is 0 Å². The van der Waals surface area contributed by atoms with E-state index in [0.717, 1.165) is 14.5 Å². The molecular weight excluding hydrogens is 664 g/mol. The zero-order valence-electron chi connectivity index (χ0n) is 22.5. The standard InChI is InChI=1S/C33H26Br2N2O5/c1-33-25(30(40)37(32(33)42)19-5-3-2-4-6-19)16-23-21(28(33)24-15-18(35)9-14-26(24)38)12-13-22-27(23)31(41)36(29(22)39)20-10-7-17(34)8-11-20/h2-12,14-15,22-23,25,27-28,38H,13,16H2,1H3/t22-,23+,25-,27-,28+,33+/m0/s1. The Balaban J connectivity index is 1.38. The second-order valence-corrected chi connectivity index (χ2v) is 13.5. The molecule has 1 N–H and O–H groups in total. The minimum absolute atomic E-state index is 0.00979. The highest BCUT2D eigenvalue weighted by atomic mass is 79.9. The third-order valence-electron chi connectivity index (χ3n) is 9.67. The SMILES string of the molecule is C[C@@]12C(=O)N(c3ccccc3)C(=O)[C@@H]1C[C@@H]1C(=CC[C@@H]3C(=O)N(c4ccc(Br)cc4)C(=O)[C@@H]31)[C@@H]2c1cc(Br)ccc1O. The molecular formula is C33H26Br2N2O5. The number of allylic oxidation sites excluding steroid dienone is 2. The van der Waals surface area contributed by atoms with Crippen molar-refractivity contribution >= 4 is 66.9 Å². The molecule has 4 aliphatic rings. The predicted octanol–water partition coefficient (Wildman–Crippen LogP) is 6.35. The molecule has 212 valence electrons. The lowest BCUT2D eigenvalue weighted by atomic mass is 9.51. The number of halogens is 2. The van der Waals surface area contributed by atoms with E-state index in [-0.39, 0.29) is 35.8 Å². The van der Waals surface area contributed by atoms with Gasteiger partial charge in [-0.15, -0.1) is 0 Å². The quantitative estimate of drug-likeness (QED) is 0.256. The number of carbonyl (C=O) groups excluding carboxylic acids is 4. The first-order valence-electron chi connectivity index (χ1n) is 13.9. The Kier molecular flexibility index (Phi) is 6.33. The number of phenols is 1. The van der Waals surface area contributed by atoms with Crippen LogP contribution < -0.4 is 9.80 Å². The summed E-state index contributed by atoms with van der Waals surface area (Å²) in [4.78, 5) is 58.9. The van der Waals surface area contributed by atoms with Gasteiger partial charge in [0.2, 0.25) is 23.6 Å². The van der Waals surface area contributed by atoms with E-state index in [0.29, 0.717) is 23.4 Å². The highest BCUT2D eigenvalue weighted by Gasteiger charge is 2.68. The number of aromatic hydroxyl groups is 1. The lowest BCUT2D eigenvalue weighted by Gasteiger charge is -2.49. The number of rotatable bonds is 3. The van der Waals surface area contributed by atoms with Crippen molar-refractivity contribution in [2.45, 2.75) is 25.7 Å². The van der Waals surface area contributed by atoms with Crippen molar-refractivity contribution in [2.24, 2.45) is 29.1 Å². The molecule has 7 rings (SSSR count). The predicted molar refractivity (Wildman–Crippen MR) is 164 cm³/mol. The average Bonchev–Trinajstić information content (AvgIpc) is 3.35. The number of imide groups is 2. The van der Waals surface area contributed by atoms with Crippen LogP contribution in [0.3, 0.4) is 0 Å². The molecule has 0 aromatic heterocycles. The molecule has 2 saturated heterocycles. The summed E-state index contributed by atoms with van der Waals surface area (Å²) in [5.41, 5.74) is 1.14. The van der Waals surface area contributed by atoms with Crippen molar-refractivity contribution in [2.75, 3.05) is 9.80 Å². The topological polar surface area (TPSA) is 95.0 Å². The van der Waals surface area contributed by atoms with E-state index in [2.05, 4.69) is 31.9 Å². The minimum atomic E-state index is -1.21. The fourth-order valence-corrected chi connectivity index (χ4v) is 8.43. The van der Waals surface area contributed by atoms with Crippen molar-refractivity contribution in [3.05, 3.63) is 99.0 Å². The third kappa shape index (κ3) is 3.75. The number of nitrogens with zero attached hydrogens (tertiary/aromatic N) is 2. The molecule has 1 saturated carbocycles. The first kappa shape index (κ1) is 27.3. The lowest BCUT2D eigenvalue weighted by molar-refractivity contribution is -0.131. The van der Waals surface area contributed by atoms with Crippen LogP contribution in [-0.4, -0.2) is 28.7 Å². The van der Waals surface area contributed by atoms with Gasteiger partial charge in [0.25, 0.3) is 0 Å². The molecule has 2 aliphatic carbocycles. The first-order valence-corrected chi connectivity index (χ1v) is 15.5. The summed E-state index contributed by atoms with van der Waals surface area (Å²) in [5, 5.41) is 11.2. The molecule has 0 radical (unpaired) electrons. The Labute approximate surface area is 259 Å². The van der Waals surface area contributed by atoms with E-state index in [1.165, 1.54) is 9.80 Å². The van der Waals surface area contributed by atoms with E-state index >= 15 is 0 Å². The molecule has 9 heteroatoms. The van der Waals surface area contributed by atoms with E-state index in [1.54, 1.807) is 66.7 Å². The molecule has 3 fully saturated rings. The van der Waals surface area contributed by atoms with Gasteiger partial charge in [0.1, 0.15) is 5.75 Å². The summed E-state index contributed by atoms with van der Waals surface area (Å²) < 4.78 is 1.56. The summed E-state index contributed by atoms with van der Waals surface area (Å²) in [5.74, 6) is -4.29. The second-order valence-electron chi connectivity index (χ2n) is 11.7. The summed E-state index contributed by atoms with van der Waals surface area (Å²) in [6.45, 7) is 1.81. The van der Waals surface area contributed by atoms with Crippen LogP contribution >= 0.6 is 31.9 Å². The van der Waals surface area contributed by atoms with Crippen molar-refractivity contribution in [3.8, 4) is 5.75 Å². The van der Waals surface area contributed by atoms with Crippen molar-refractivity contribution in [1.82, 2.24) is 0 Å². The van der Waals surface area contributed by atoms with E-state index in [4.69, 9.17) is 0 Å². The Morgan fingerprint density at radius 3 is 2.17 bits per heavy atom. The van der Waals surface area contributed by atoms with Crippen molar-refractivity contribution in [1.29, 1.82) is 0 Å². The molecule has 3 aromatic rings. The smallest absolute Gasteiger partial charge is 0.241 e. The average molecular weight is 690 g/mol. The number of hydrogen-bond acceptors (Lipinski definition) is 5. The molecule has 3 aromatic carbocycles. The number of carbonyl (C=O) groups is 4. The molecule has 2 aliphatic heterocycles. The number of benzene rings is 3. The van der Waals surface area contributed by atoms with Crippen LogP contribution in [0.15, 0.2) is 93.4 Å². The molecule has 0 spiro atoms. The van der Waals surface area contributed by atoms with Crippen LogP contribution in [0.4, 0.5) is 11.4 Å². The Morgan fingerprint density at radius 2 is 1.45 bits per heavy atom. The summed E-state index contributed by atoms with van der Waals surface area (Å²) in [6.07, 6.45) is 2.58. The zero-order valence-corrected chi connectivity index (χ0v) is 25.7. The van der Waals surface area contributed by atoms with Gasteiger partial charge in [-0.25, -0.2) is 4.90 Å². The second kappa shape index (κ2) is 9.74. The molecule has 0 bridgehead atoms. The fourth-order valence-electron chi connectivity index (χ4n) is 7.78. The van der Waals surface area contributed by atoms with Gasteiger partial charge in [-0.1, -0.05) is 61.7 Å². The maximum Gasteiger partial charge on any atom is 0.241 e. The summed E-state index contributed by atoms with van der Waals surface area (Å²) in [7, 11) is 0. The van der Waals surface area contributed by atoms with Gasteiger partial charge in [-0.05, 0) is 80.3 Å². The molecule has 6 atom stereocenters. The zero-order chi connectivity index (χ0) is 29.5. The van der Waals surface area contributed by atoms with Gasteiger partial charge in [0.05, 0.1) is 34.5 Å². The van der Waals surface area contributed by atoms with Crippen LogP contribution in [-0.2, 0) is 19.2 Å². The van der Waals surface area contributed by atoms with E-state index < -0.39 is 35.0 Å². The number of para-hydroxylation sites is 1. The Bertz CT molecular complexity index is 1710. The molecule has 7 nitrogen and oxygen atoms in total. The maximum absolute atomic E-state index is 14.4. The van der Waals surface area contributed by atoms with Crippen molar-refractivity contribution in [3.63, 3.8) is 0 Å². The molecule has 4 amide bonds. The van der Waals surface area contributed by atoms with Crippen LogP contribution in [0.5, 0.6) is 5.75 Å². The number of amides is 4. The minimum Gasteiger partial charge on any atom is -0.508 e. The number of hydrogen-bond donors (Lipinski definition) is 1. The number of anilines is 2. The van der Waals surface area contributed by atoms with Gasteiger partial charge >= 0.3 is 0 Å². The van der Waals surface area contributed by atoms with Gasteiger partial charge in [-0.2, -0.15) is 0 Å². The summed E-state index contributed by atoms with van der Waals surface area (Å²) in [6, 6.07) is 21.0. The molecule has 0 unspecified atom stereocenters. The van der Waals surface area contributed by atoms with Crippen LogP contribution in [0.2, 0.25) is 0 Å². The van der Waals surface area contributed by atoms with Gasteiger partial charge in [0.15, 0.2) is 0 Å². The highest BCUT2D eigenvalue weighted by Crippen LogP contribution is 2.64. The van der Waals surface area contributed by atoms with E-state index in [1.807, 2.05) is 19.1 Å². The first-order chi connectivity index (χ1) is 20.1. The lowest BCUT2D eigenvalue weighted by Crippen LogP contribution is -2.48. The third-order valence-corrected chi connectivity index (χ3v) is 10.7. The van der Waals surface area contributed by atoms with Crippen molar-refractivity contribution < 1.29 is 24.3 Å². The molecule has 2 heterocycles. The highest BCUT2D eigenvalue weighted by molar-refractivity contribution is 9.10. The fraction of sp³-hybridized carbons (Fsp3) is 0.273. The number of fused-ring (bicyclic) bond motifs is 4. The van der Waals surface area contributed by atoms with Gasteiger partial charge in [0, 0.05) is 20.4 Å². The van der Waals surface area contributed by atoms with E-state index in [9.17, 15) is 24.3 Å². The van der Waals surface area contributed by atoms with Crippen LogP contribution in [0, 0.1) is 29.1 Å². The maximum atomic E-state index is 14.4. The van der Waals surface area contributed by atoms with Gasteiger partial charge < -0.3 is 5.11 Å². The number of phenolic OH excluding ortho intramolecular Hbond substituents is 1. The van der Waals surface area contributed by atoms with Crippen LogP contribution in [0.1, 0.15) is 31.2 Å². The Morgan fingerprint density at radius 1 is 0.786 bits per heavy atom. The normalized spacial score (nSPS) is 30.3. The Hall–Kier alpha value is -3.56.